The van der Waals surface area contributed by atoms with Gasteiger partial charge in [-0.05, 0) is 24.6 Å². The highest BCUT2D eigenvalue weighted by molar-refractivity contribution is 7.89. The Morgan fingerprint density at radius 1 is 1.53 bits per heavy atom. The first-order chi connectivity index (χ1) is 8.77. The van der Waals surface area contributed by atoms with Crippen LogP contribution in [0.2, 0.25) is 0 Å². The molecule has 8 heteroatoms. The Hall–Kier alpha value is -1.64. The summed E-state index contributed by atoms with van der Waals surface area (Å²) in [5, 5.41) is 9.33. The van der Waals surface area contributed by atoms with Crippen LogP contribution < -0.4 is 10.5 Å². The molecule has 0 aliphatic rings. The second-order valence-electron chi connectivity index (χ2n) is 3.92. The highest BCUT2D eigenvalue weighted by Crippen LogP contribution is 2.17. The number of rotatable bonds is 5. The molecule has 19 heavy (non-hydrogen) atoms. The van der Waals surface area contributed by atoms with Crippen LogP contribution in [0.3, 0.4) is 0 Å². The van der Waals surface area contributed by atoms with Gasteiger partial charge in [0.25, 0.3) is 0 Å². The van der Waals surface area contributed by atoms with Crippen LogP contribution in [0.4, 0.5) is 5.69 Å². The molecule has 0 radical (unpaired) electrons. The normalized spacial score (nSPS) is 13.0. The smallest absolute Gasteiger partial charge is 0.336 e. The van der Waals surface area contributed by atoms with Gasteiger partial charge >= 0.3 is 5.97 Å². The number of nitrogens with one attached hydrogen (secondary N) is 1. The topological polar surface area (TPSA) is 119 Å². The predicted molar refractivity (Wildman–Crippen MR) is 68.8 cm³/mol. The molecule has 1 atom stereocenters. The number of esters is 1. The van der Waals surface area contributed by atoms with E-state index in [1.165, 1.54) is 6.07 Å². The van der Waals surface area contributed by atoms with Crippen molar-refractivity contribution < 1.29 is 23.1 Å². The lowest BCUT2D eigenvalue weighted by atomic mass is 10.2. The van der Waals surface area contributed by atoms with E-state index in [-0.39, 0.29) is 4.90 Å². The van der Waals surface area contributed by atoms with Crippen molar-refractivity contribution in [2.24, 2.45) is 0 Å². The Morgan fingerprint density at radius 3 is 2.74 bits per heavy atom. The highest BCUT2D eigenvalue weighted by atomic mass is 32.2. The molecule has 0 aromatic heterocycles. The first-order valence-corrected chi connectivity index (χ1v) is 6.88. The van der Waals surface area contributed by atoms with Crippen LogP contribution in [-0.4, -0.2) is 39.3 Å². The van der Waals surface area contributed by atoms with Crippen molar-refractivity contribution in [3.05, 3.63) is 23.8 Å². The zero-order valence-electron chi connectivity index (χ0n) is 10.6. The fourth-order valence-electron chi connectivity index (χ4n) is 1.39. The van der Waals surface area contributed by atoms with Gasteiger partial charge in [-0.3, -0.25) is 0 Å². The van der Waals surface area contributed by atoms with E-state index >= 15 is 0 Å². The van der Waals surface area contributed by atoms with E-state index in [2.05, 4.69) is 9.46 Å². The molecule has 0 aliphatic carbocycles. The molecule has 4 N–H and O–H groups in total. The maximum absolute atomic E-state index is 12.0. The minimum absolute atomic E-state index is 0.00423. The molecular formula is C11H16N2O5S. The number of hydrogen-bond donors (Lipinski definition) is 3. The number of nitrogen functional groups attached to an aromatic ring is 1. The molecule has 1 unspecified atom stereocenters. The molecule has 0 bridgehead atoms. The van der Waals surface area contributed by atoms with Gasteiger partial charge in [0, 0.05) is 12.2 Å². The van der Waals surface area contributed by atoms with Crippen molar-refractivity contribution in [1.29, 1.82) is 0 Å². The number of anilines is 1. The number of benzene rings is 1. The van der Waals surface area contributed by atoms with E-state index in [0.717, 1.165) is 7.11 Å². The third-order valence-electron chi connectivity index (χ3n) is 2.44. The molecule has 0 amide bonds. The fourth-order valence-corrected chi connectivity index (χ4v) is 2.71. The van der Waals surface area contributed by atoms with Crippen molar-refractivity contribution in [2.45, 2.75) is 17.9 Å². The zero-order valence-corrected chi connectivity index (χ0v) is 11.4. The van der Waals surface area contributed by atoms with E-state index in [9.17, 15) is 18.3 Å². The third kappa shape index (κ3) is 3.91. The van der Waals surface area contributed by atoms with E-state index in [0.29, 0.717) is 11.3 Å². The molecule has 0 saturated carbocycles. The van der Waals surface area contributed by atoms with Crippen LogP contribution in [0, 0.1) is 6.92 Å². The Balaban J connectivity index is 2.87. The van der Waals surface area contributed by atoms with Crippen molar-refractivity contribution in [2.75, 3.05) is 19.4 Å². The van der Waals surface area contributed by atoms with Gasteiger partial charge in [-0.15, -0.1) is 0 Å². The van der Waals surface area contributed by atoms with Crippen LogP contribution >= 0.6 is 0 Å². The summed E-state index contributed by atoms with van der Waals surface area (Å²) in [7, 11) is -2.75. The molecule has 1 aromatic carbocycles. The van der Waals surface area contributed by atoms with Gasteiger partial charge in [0.05, 0.1) is 12.0 Å². The van der Waals surface area contributed by atoms with Crippen LogP contribution in [0.15, 0.2) is 23.1 Å². The minimum atomic E-state index is -3.85. The van der Waals surface area contributed by atoms with Gasteiger partial charge in [0.2, 0.25) is 10.0 Å². The lowest BCUT2D eigenvalue weighted by Crippen LogP contribution is -2.37. The van der Waals surface area contributed by atoms with Gasteiger partial charge in [0.15, 0.2) is 6.10 Å². The Labute approximate surface area is 111 Å². The summed E-state index contributed by atoms with van der Waals surface area (Å²) >= 11 is 0. The zero-order chi connectivity index (χ0) is 14.6. The molecule has 0 aliphatic heterocycles. The van der Waals surface area contributed by atoms with Gasteiger partial charge < -0.3 is 15.6 Å². The maximum atomic E-state index is 12.0. The van der Waals surface area contributed by atoms with Gasteiger partial charge in [0.1, 0.15) is 0 Å². The molecule has 1 rings (SSSR count). The summed E-state index contributed by atoms with van der Waals surface area (Å²) in [6.07, 6.45) is -1.55. The summed E-state index contributed by atoms with van der Waals surface area (Å²) in [6, 6.07) is 4.46. The monoisotopic (exact) mass is 288 g/mol. The number of carbonyl (C=O) groups excluding carboxylic acids is 1. The average Bonchev–Trinajstić information content (AvgIpc) is 2.37. The second kappa shape index (κ2) is 6.00. The fraction of sp³-hybridized carbons (Fsp3) is 0.364. The number of aliphatic hydroxyl groups excluding tert-OH is 1. The van der Waals surface area contributed by atoms with E-state index in [4.69, 9.17) is 5.73 Å². The number of ether oxygens (including phenoxy) is 1. The molecule has 0 spiro atoms. The number of nitrogens with two attached hydrogens (primary N) is 1. The van der Waals surface area contributed by atoms with Crippen molar-refractivity contribution >= 4 is 21.7 Å². The summed E-state index contributed by atoms with van der Waals surface area (Å²) in [5.41, 5.74) is 6.35. The van der Waals surface area contributed by atoms with Crippen LogP contribution in [-0.2, 0) is 19.6 Å². The van der Waals surface area contributed by atoms with E-state index in [1.54, 1.807) is 19.1 Å². The van der Waals surface area contributed by atoms with Crippen molar-refractivity contribution in [3.8, 4) is 0 Å². The van der Waals surface area contributed by atoms with Crippen molar-refractivity contribution in [3.63, 3.8) is 0 Å². The number of sulfonamides is 1. The number of aliphatic hydroxyl groups is 1. The maximum Gasteiger partial charge on any atom is 0.336 e. The Bertz CT molecular complexity index is 570. The van der Waals surface area contributed by atoms with Crippen LogP contribution in [0.5, 0.6) is 0 Å². The highest BCUT2D eigenvalue weighted by Gasteiger charge is 2.21. The number of hydrogen-bond acceptors (Lipinski definition) is 6. The predicted octanol–water partition coefficient (Wildman–Crippen LogP) is -0.611. The van der Waals surface area contributed by atoms with Crippen molar-refractivity contribution in [1.82, 2.24) is 4.72 Å². The number of carbonyl (C=O) groups is 1. The SMILES string of the molecule is COC(=O)C(O)CNS(=O)(=O)c1cc(N)ccc1C. The summed E-state index contributed by atoms with van der Waals surface area (Å²) in [6.45, 7) is 1.15. The summed E-state index contributed by atoms with van der Waals surface area (Å²) < 4.78 is 30.4. The Morgan fingerprint density at radius 2 is 2.16 bits per heavy atom. The van der Waals surface area contributed by atoms with Gasteiger partial charge in [-0.2, -0.15) is 0 Å². The molecule has 0 saturated heterocycles. The first kappa shape index (κ1) is 15.4. The molecule has 0 fully saturated rings. The Kier molecular flexibility index (Phi) is 4.87. The van der Waals surface area contributed by atoms with Gasteiger partial charge in [-0.1, -0.05) is 6.07 Å². The van der Waals surface area contributed by atoms with Crippen LogP contribution in [0.1, 0.15) is 5.56 Å². The largest absolute Gasteiger partial charge is 0.467 e. The lowest BCUT2D eigenvalue weighted by molar-refractivity contribution is -0.149. The first-order valence-electron chi connectivity index (χ1n) is 5.39. The second-order valence-corrected chi connectivity index (χ2v) is 5.65. The summed E-state index contributed by atoms with van der Waals surface area (Å²) in [5.74, 6) is -0.910. The van der Waals surface area contributed by atoms with E-state index < -0.39 is 28.6 Å². The number of aryl methyl sites for hydroxylation is 1. The quantitative estimate of drug-likeness (QED) is 0.491. The van der Waals surface area contributed by atoms with Gasteiger partial charge in [-0.25, -0.2) is 17.9 Å². The molecule has 106 valence electrons. The molecule has 7 nitrogen and oxygen atoms in total. The van der Waals surface area contributed by atoms with Crippen LogP contribution in [0.25, 0.3) is 0 Å². The third-order valence-corrected chi connectivity index (χ3v) is 4.01. The summed E-state index contributed by atoms with van der Waals surface area (Å²) in [4.78, 5) is 11.0. The molecular weight excluding hydrogens is 272 g/mol. The lowest BCUT2D eigenvalue weighted by Gasteiger charge is -2.12. The standard InChI is InChI=1S/C11H16N2O5S/c1-7-3-4-8(12)5-10(7)19(16,17)13-6-9(14)11(15)18-2/h3-5,9,13-14H,6,12H2,1-2H3. The molecule has 1 aromatic rings. The van der Waals surface area contributed by atoms with E-state index in [1.807, 2.05) is 0 Å². The molecule has 0 heterocycles. The number of methoxy groups -OCH3 is 1. The average molecular weight is 288 g/mol. The minimum Gasteiger partial charge on any atom is -0.467 e.